The molecule has 0 aliphatic rings. The molecular formula is C12H17Cl2NO3S. The van der Waals surface area contributed by atoms with Crippen LogP contribution >= 0.6 is 34.5 Å². The monoisotopic (exact) mass is 325 g/mol. The summed E-state index contributed by atoms with van der Waals surface area (Å²) in [6.07, 6.45) is -0.165. The number of thiophene rings is 1. The molecule has 0 aliphatic carbocycles. The van der Waals surface area contributed by atoms with E-state index in [2.05, 4.69) is 5.32 Å². The lowest BCUT2D eigenvalue weighted by Crippen LogP contribution is -2.42. The van der Waals surface area contributed by atoms with Crippen molar-refractivity contribution in [3.05, 3.63) is 20.3 Å². The van der Waals surface area contributed by atoms with Gasteiger partial charge in [0.1, 0.15) is 5.60 Å². The van der Waals surface area contributed by atoms with Crippen molar-refractivity contribution in [2.75, 3.05) is 6.61 Å². The number of ether oxygens (including phenoxy) is 1. The molecule has 108 valence electrons. The Kier molecular flexibility index (Phi) is 5.92. The van der Waals surface area contributed by atoms with Crippen LogP contribution in [0.25, 0.3) is 0 Å². The summed E-state index contributed by atoms with van der Waals surface area (Å²) < 4.78 is 6.27. The minimum absolute atomic E-state index is 0.205. The van der Waals surface area contributed by atoms with E-state index in [9.17, 15) is 9.90 Å². The van der Waals surface area contributed by atoms with Gasteiger partial charge in [-0.1, -0.05) is 23.2 Å². The van der Waals surface area contributed by atoms with Crippen LogP contribution in [0.1, 0.15) is 26.3 Å². The molecule has 0 saturated carbocycles. The van der Waals surface area contributed by atoms with Gasteiger partial charge < -0.3 is 15.2 Å². The van der Waals surface area contributed by atoms with Crippen LogP contribution in [0.15, 0.2) is 6.07 Å². The highest BCUT2D eigenvalue weighted by Crippen LogP contribution is 2.31. The Bertz CT molecular complexity index is 443. The summed E-state index contributed by atoms with van der Waals surface area (Å²) in [6, 6.07) is 1.27. The van der Waals surface area contributed by atoms with E-state index in [4.69, 9.17) is 27.9 Å². The molecule has 0 aromatic carbocycles. The average molecular weight is 326 g/mol. The molecule has 1 aromatic rings. The smallest absolute Gasteiger partial charge is 0.407 e. The zero-order valence-electron chi connectivity index (χ0n) is 11.0. The van der Waals surface area contributed by atoms with E-state index in [0.29, 0.717) is 15.1 Å². The van der Waals surface area contributed by atoms with E-state index in [-0.39, 0.29) is 6.61 Å². The van der Waals surface area contributed by atoms with Crippen molar-refractivity contribution >= 4 is 40.6 Å². The van der Waals surface area contributed by atoms with Gasteiger partial charge in [0.15, 0.2) is 0 Å². The van der Waals surface area contributed by atoms with Crippen molar-refractivity contribution in [3.8, 4) is 0 Å². The summed E-state index contributed by atoms with van der Waals surface area (Å²) in [5.41, 5.74) is 0.222. The number of alkyl carbamates (subject to hydrolysis) is 1. The molecule has 7 heteroatoms. The van der Waals surface area contributed by atoms with Crippen LogP contribution in [0.2, 0.25) is 8.67 Å². The van der Waals surface area contributed by atoms with Gasteiger partial charge >= 0.3 is 6.09 Å². The van der Waals surface area contributed by atoms with Gasteiger partial charge in [0.05, 0.1) is 21.3 Å². The second-order valence-corrected chi connectivity index (χ2v) is 7.36. The highest BCUT2D eigenvalue weighted by atomic mass is 35.5. The fourth-order valence-electron chi connectivity index (χ4n) is 1.41. The number of aliphatic hydroxyl groups is 1. The maximum atomic E-state index is 11.6. The standard InChI is InChI=1S/C12H17Cl2NO3S/c1-12(2,3)18-11(17)15-8(6-16)4-7-5-9(13)19-10(7)14/h5,8,16H,4,6H2,1-3H3,(H,15,17). The molecule has 0 fully saturated rings. The van der Waals surface area contributed by atoms with Gasteiger partial charge in [-0.15, -0.1) is 11.3 Å². The number of hydrogen-bond donors (Lipinski definition) is 2. The number of aliphatic hydroxyl groups excluding tert-OH is 1. The van der Waals surface area contributed by atoms with E-state index in [1.165, 1.54) is 11.3 Å². The Labute approximate surface area is 126 Å². The predicted octanol–water partition coefficient (Wildman–Crippen LogP) is 3.48. The number of hydrogen-bond acceptors (Lipinski definition) is 4. The summed E-state index contributed by atoms with van der Waals surface area (Å²) in [5.74, 6) is 0. The highest BCUT2D eigenvalue weighted by molar-refractivity contribution is 7.20. The molecule has 0 bridgehead atoms. The molecule has 1 unspecified atom stereocenters. The highest BCUT2D eigenvalue weighted by Gasteiger charge is 2.20. The van der Waals surface area contributed by atoms with Crippen LogP contribution in [0.5, 0.6) is 0 Å². The molecule has 2 N–H and O–H groups in total. The second-order valence-electron chi connectivity index (χ2n) is 5.08. The molecule has 0 radical (unpaired) electrons. The van der Waals surface area contributed by atoms with Crippen LogP contribution in [-0.4, -0.2) is 29.4 Å². The molecule has 4 nitrogen and oxygen atoms in total. The van der Waals surface area contributed by atoms with Crippen molar-refractivity contribution in [2.24, 2.45) is 0 Å². The van der Waals surface area contributed by atoms with Crippen molar-refractivity contribution in [2.45, 2.75) is 38.8 Å². The number of amides is 1. The number of carbonyl (C=O) groups is 1. The molecule has 0 spiro atoms. The van der Waals surface area contributed by atoms with Crippen molar-refractivity contribution in [1.82, 2.24) is 5.32 Å². The Morgan fingerprint density at radius 3 is 2.58 bits per heavy atom. The quantitative estimate of drug-likeness (QED) is 0.890. The van der Waals surface area contributed by atoms with Gasteiger partial charge in [-0.25, -0.2) is 4.79 Å². The van der Waals surface area contributed by atoms with Crippen LogP contribution in [0.3, 0.4) is 0 Å². The summed E-state index contributed by atoms with van der Waals surface area (Å²) in [6.45, 7) is 5.12. The van der Waals surface area contributed by atoms with Gasteiger partial charge in [0, 0.05) is 0 Å². The van der Waals surface area contributed by atoms with Crippen LogP contribution in [0.4, 0.5) is 4.79 Å². The molecule has 19 heavy (non-hydrogen) atoms. The average Bonchev–Trinajstić information content (AvgIpc) is 2.53. The number of halogens is 2. The first-order valence-corrected chi connectivity index (χ1v) is 7.32. The minimum atomic E-state index is -0.576. The zero-order valence-corrected chi connectivity index (χ0v) is 13.3. The SMILES string of the molecule is CC(C)(C)OC(=O)NC(CO)Cc1cc(Cl)sc1Cl. The topological polar surface area (TPSA) is 58.6 Å². The van der Waals surface area contributed by atoms with Crippen LogP contribution in [0, 0.1) is 0 Å². The Balaban J connectivity index is 2.59. The Hall–Kier alpha value is -0.490. The lowest BCUT2D eigenvalue weighted by Gasteiger charge is -2.22. The van der Waals surface area contributed by atoms with Gasteiger partial charge in [-0.2, -0.15) is 0 Å². The van der Waals surface area contributed by atoms with Crippen molar-refractivity contribution in [1.29, 1.82) is 0 Å². The number of nitrogens with one attached hydrogen (secondary N) is 1. The fourth-order valence-corrected chi connectivity index (χ4v) is 2.92. The van der Waals surface area contributed by atoms with E-state index >= 15 is 0 Å². The van der Waals surface area contributed by atoms with Gasteiger partial charge in [0.2, 0.25) is 0 Å². The number of carbonyl (C=O) groups excluding carboxylic acids is 1. The first-order valence-electron chi connectivity index (χ1n) is 5.75. The molecule has 0 saturated heterocycles. The molecular weight excluding hydrogens is 309 g/mol. The predicted molar refractivity (Wildman–Crippen MR) is 78.3 cm³/mol. The van der Waals surface area contributed by atoms with E-state index in [1.807, 2.05) is 0 Å². The lowest BCUT2D eigenvalue weighted by atomic mass is 10.1. The summed E-state index contributed by atoms with van der Waals surface area (Å²) in [4.78, 5) is 11.6. The van der Waals surface area contributed by atoms with Crippen LogP contribution in [-0.2, 0) is 11.2 Å². The first-order chi connectivity index (χ1) is 8.71. The molecule has 1 aromatic heterocycles. The van der Waals surface area contributed by atoms with E-state index in [1.54, 1.807) is 26.8 Å². The van der Waals surface area contributed by atoms with E-state index in [0.717, 1.165) is 5.56 Å². The maximum Gasteiger partial charge on any atom is 0.407 e. The molecule has 1 heterocycles. The normalized spacial score (nSPS) is 13.2. The van der Waals surface area contributed by atoms with E-state index < -0.39 is 17.7 Å². The van der Waals surface area contributed by atoms with Crippen molar-refractivity contribution in [3.63, 3.8) is 0 Å². The Morgan fingerprint density at radius 2 is 2.16 bits per heavy atom. The van der Waals surface area contributed by atoms with Gasteiger partial charge in [-0.3, -0.25) is 0 Å². The molecule has 0 aliphatic heterocycles. The molecule has 1 atom stereocenters. The zero-order chi connectivity index (χ0) is 14.6. The summed E-state index contributed by atoms with van der Waals surface area (Å²) in [5, 5.41) is 11.9. The largest absolute Gasteiger partial charge is 0.444 e. The van der Waals surface area contributed by atoms with Crippen LogP contribution < -0.4 is 5.32 Å². The molecule has 1 amide bonds. The second kappa shape index (κ2) is 6.79. The van der Waals surface area contributed by atoms with Gasteiger partial charge in [-0.05, 0) is 38.8 Å². The third-order valence-electron chi connectivity index (χ3n) is 2.13. The first kappa shape index (κ1) is 16.6. The molecule has 1 rings (SSSR count). The Morgan fingerprint density at radius 1 is 1.53 bits per heavy atom. The summed E-state index contributed by atoms with van der Waals surface area (Å²) in [7, 11) is 0. The minimum Gasteiger partial charge on any atom is -0.444 e. The summed E-state index contributed by atoms with van der Waals surface area (Å²) >= 11 is 13.1. The lowest BCUT2D eigenvalue weighted by molar-refractivity contribution is 0.0483. The number of rotatable bonds is 4. The maximum absolute atomic E-state index is 11.6. The third kappa shape index (κ3) is 5.99. The van der Waals surface area contributed by atoms with Gasteiger partial charge in [0.25, 0.3) is 0 Å². The fraction of sp³-hybridized carbons (Fsp3) is 0.583. The van der Waals surface area contributed by atoms with Crippen molar-refractivity contribution < 1.29 is 14.6 Å². The third-order valence-corrected chi connectivity index (χ3v) is 3.70.